The molecule has 16 heavy (non-hydrogen) atoms. The second kappa shape index (κ2) is 5.85. The third-order valence-corrected chi connectivity index (χ3v) is 4.51. The van der Waals surface area contributed by atoms with Crippen molar-refractivity contribution in [2.24, 2.45) is 11.8 Å². The van der Waals surface area contributed by atoms with Crippen LogP contribution in [0.5, 0.6) is 0 Å². The highest BCUT2D eigenvalue weighted by Gasteiger charge is 2.31. The van der Waals surface area contributed by atoms with Crippen molar-refractivity contribution >= 4 is 17.3 Å². The van der Waals surface area contributed by atoms with Gasteiger partial charge < -0.3 is 10.2 Å². The van der Waals surface area contributed by atoms with E-state index in [2.05, 4.69) is 17.1 Å². The minimum Gasteiger partial charge on any atom is -0.363 e. The van der Waals surface area contributed by atoms with Crippen LogP contribution in [0, 0.1) is 11.8 Å². The maximum Gasteiger partial charge on any atom is 0.168 e. The highest BCUT2D eigenvalue weighted by molar-refractivity contribution is 7.80. The first-order valence-corrected chi connectivity index (χ1v) is 7.25. The van der Waals surface area contributed by atoms with E-state index in [0.29, 0.717) is 0 Å². The van der Waals surface area contributed by atoms with Crippen molar-refractivity contribution in [2.75, 3.05) is 19.6 Å². The molecule has 2 atom stereocenters. The molecule has 0 bridgehead atoms. The van der Waals surface area contributed by atoms with Crippen molar-refractivity contribution in [1.29, 1.82) is 0 Å². The van der Waals surface area contributed by atoms with E-state index in [1.165, 1.54) is 45.2 Å². The van der Waals surface area contributed by atoms with Crippen LogP contribution in [0.1, 0.15) is 45.4 Å². The molecular weight excluding hydrogens is 216 g/mol. The topological polar surface area (TPSA) is 15.3 Å². The Hall–Kier alpha value is -0.310. The van der Waals surface area contributed by atoms with Gasteiger partial charge in [-0.15, -0.1) is 0 Å². The van der Waals surface area contributed by atoms with Gasteiger partial charge in [-0.25, -0.2) is 0 Å². The van der Waals surface area contributed by atoms with Gasteiger partial charge in [0.25, 0.3) is 0 Å². The maximum atomic E-state index is 5.45. The molecule has 0 radical (unpaired) electrons. The van der Waals surface area contributed by atoms with Crippen molar-refractivity contribution in [2.45, 2.75) is 45.4 Å². The first kappa shape index (κ1) is 12.2. The molecule has 3 heteroatoms. The predicted octanol–water partition coefficient (Wildman–Crippen LogP) is 2.78. The average Bonchev–Trinajstić information content (AvgIpc) is 2.35. The van der Waals surface area contributed by atoms with Crippen molar-refractivity contribution < 1.29 is 0 Å². The molecule has 0 amide bonds. The van der Waals surface area contributed by atoms with Crippen LogP contribution >= 0.6 is 12.2 Å². The highest BCUT2D eigenvalue weighted by atomic mass is 32.1. The smallest absolute Gasteiger partial charge is 0.168 e. The number of likely N-dealkylation sites (tertiary alicyclic amines) is 1. The number of hydrogen-bond acceptors (Lipinski definition) is 1. The Balaban J connectivity index is 1.82. The molecule has 1 saturated heterocycles. The molecule has 0 aromatic rings. The molecule has 1 N–H and O–H groups in total. The van der Waals surface area contributed by atoms with Crippen LogP contribution < -0.4 is 5.32 Å². The Morgan fingerprint density at radius 3 is 2.75 bits per heavy atom. The first-order chi connectivity index (χ1) is 7.81. The van der Waals surface area contributed by atoms with E-state index in [1.807, 2.05) is 0 Å². The number of hydrogen-bond donors (Lipinski definition) is 1. The second-order valence-corrected chi connectivity index (χ2v) is 5.66. The molecule has 1 aliphatic carbocycles. The summed E-state index contributed by atoms with van der Waals surface area (Å²) in [7, 11) is 0. The summed E-state index contributed by atoms with van der Waals surface area (Å²) in [6.45, 7) is 5.59. The fourth-order valence-corrected chi connectivity index (χ4v) is 3.40. The number of nitrogens with zero attached hydrogens (tertiary/aromatic N) is 1. The molecule has 2 fully saturated rings. The summed E-state index contributed by atoms with van der Waals surface area (Å²) in [5.41, 5.74) is 0. The van der Waals surface area contributed by atoms with Gasteiger partial charge in [0.15, 0.2) is 5.11 Å². The van der Waals surface area contributed by atoms with E-state index in [4.69, 9.17) is 12.2 Å². The summed E-state index contributed by atoms with van der Waals surface area (Å²) in [5, 5.41) is 4.35. The van der Waals surface area contributed by atoms with Crippen LogP contribution in [-0.4, -0.2) is 29.6 Å². The van der Waals surface area contributed by atoms with Gasteiger partial charge in [0.05, 0.1) is 0 Å². The number of piperidine rings is 1. The first-order valence-electron chi connectivity index (χ1n) is 6.84. The van der Waals surface area contributed by atoms with E-state index >= 15 is 0 Å². The van der Waals surface area contributed by atoms with E-state index in [9.17, 15) is 0 Å². The normalized spacial score (nSPS) is 29.7. The number of nitrogens with one attached hydrogen (secondary N) is 1. The average molecular weight is 240 g/mol. The lowest BCUT2D eigenvalue weighted by molar-refractivity contribution is 0.129. The molecule has 0 aromatic carbocycles. The Kier molecular flexibility index (Phi) is 4.45. The van der Waals surface area contributed by atoms with E-state index < -0.39 is 0 Å². The molecular formula is C13H24N2S. The monoisotopic (exact) mass is 240 g/mol. The van der Waals surface area contributed by atoms with Gasteiger partial charge in [0.1, 0.15) is 0 Å². The molecule has 2 aliphatic rings. The standard InChI is InChI=1S/C13H24N2S/c1-2-8-14-13(16)15-9-7-11-5-3-4-6-12(11)10-15/h11-12H,2-10H2,1H3,(H,14,16). The third-order valence-electron chi connectivity index (χ3n) is 4.10. The van der Waals surface area contributed by atoms with Crippen LogP contribution in [0.2, 0.25) is 0 Å². The van der Waals surface area contributed by atoms with Crippen molar-refractivity contribution in [3.8, 4) is 0 Å². The Morgan fingerprint density at radius 2 is 2.00 bits per heavy atom. The number of rotatable bonds is 2. The van der Waals surface area contributed by atoms with E-state index in [0.717, 1.165) is 29.9 Å². The Labute approximate surface area is 105 Å². The molecule has 2 unspecified atom stereocenters. The lowest BCUT2D eigenvalue weighted by Crippen LogP contribution is -2.48. The minimum atomic E-state index is 0.920. The lowest BCUT2D eigenvalue weighted by Gasteiger charge is -2.42. The largest absolute Gasteiger partial charge is 0.363 e. The molecule has 1 heterocycles. The molecule has 0 spiro atoms. The second-order valence-electron chi connectivity index (χ2n) is 5.27. The molecule has 2 nitrogen and oxygen atoms in total. The van der Waals surface area contributed by atoms with Gasteiger partial charge in [-0.1, -0.05) is 26.2 Å². The lowest BCUT2D eigenvalue weighted by atomic mass is 9.75. The van der Waals surface area contributed by atoms with E-state index in [-0.39, 0.29) is 0 Å². The van der Waals surface area contributed by atoms with Gasteiger partial charge in [-0.2, -0.15) is 0 Å². The van der Waals surface area contributed by atoms with E-state index in [1.54, 1.807) is 0 Å². The van der Waals surface area contributed by atoms with Crippen LogP contribution in [0.4, 0.5) is 0 Å². The van der Waals surface area contributed by atoms with Crippen molar-refractivity contribution in [3.05, 3.63) is 0 Å². The fourth-order valence-electron chi connectivity index (χ4n) is 3.13. The van der Waals surface area contributed by atoms with Crippen LogP contribution in [0.3, 0.4) is 0 Å². The van der Waals surface area contributed by atoms with Gasteiger partial charge >= 0.3 is 0 Å². The molecule has 0 aromatic heterocycles. The molecule has 92 valence electrons. The van der Waals surface area contributed by atoms with Gasteiger partial charge in [-0.3, -0.25) is 0 Å². The summed E-state index contributed by atoms with van der Waals surface area (Å²) in [6, 6.07) is 0. The summed E-state index contributed by atoms with van der Waals surface area (Å²) in [6.07, 6.45) is 8.30. The van der Waals surface area contributed by atoms with Gasteiger partial charge in [0, 0.05) is 19.6 Å². The zero-order valence-corrected chi connectivity index (χ0v) is 11.2. The molecule has 1 saturated carbocycles. The molecule has 1 aliphatic heterocycles. The van der Waals surface area contributed by atoms with Crippen LogP contribution in [0.25, 0.3) is 0 Å². The molecule has 2 rings (SSSR count). The van der Waals surface area contributed by atoms with Crippen molar-refractivity contribution in [1.82, 2.24) is 10.2 Å². The number of thiocarbonyl (C=S) groups is 1. The zero-order valence-electron chi connectivity index (χ0n) is 10.4. The maximum absolute atomic E-state index is 5.45. The predicted molar refractivity (Wildman–Crippen MR) is 72.5 cm³/mol. The quantitative estimate of drug-likeness (QED) is 0.747. The summed E-state index contributed by atoms with van der Waals surface area (Å²) >= 11 is 5.45. The minimum absolute atomic E-state index is 0.920. The van der Waals surface area contributed by atoms with Gasteiger partial charge in [-0.05, 0) is 43.3 Å². The van der Waals surface area contributed by atoms with Crippen LogP contribution in [0.15, 0.2) is 0 Å². The fraction of sp³-hybridized carbons (Fsp3) is 0.923. The Bertz CT molecular complexity index is 242. The van der Waals surface area contributed by atoms with Crippen molar-refractivity contribution in [3.63, 3.8) is 0 Å². The third kappa shape index (κ3) is 2.88. The highest BCUT2D eigenvalue weighted by Crippen LogP contribution is 2.35. The Morgan fingerprint density at radius 1 is 1.25 bits per heavy atom. The number of fused-ring (bicyclic) bond motifs is 1. The summed E-state index contributed by atoms with van der Waals surface area (Å²) < 4.78 is 0. The van der Waals surface area contributed by atoms with Crippen LogP contribution in [-0.2, 0) is 0 Å². The summed E-state index contributed by atoms with van der Waals surface area (Å²) in [4.78, 5) is 2.40. The van der Waals surface area contributed by atoms with Gasteiger partial charge in [0.2, 0.25) is 0 Å². The summed E-state index contributed by atoms with van der Waals surface area (Å²) in [5.74, 6) is 1.92. The zero-order chi connectivity index (χ0) is 11.4. The SMILES string of the molecule is CCCNC(=S)N1CCC2CCCCC2C1.